The molecule has 0 aliphatic carbocycles. The summed E-state index contributed by atoms with van der Waals surface area (Å²) >= 11 is 1.12. The molecular formula is C10H6F2O3S. The summed E-state index contributed by atoms with van der Waals surface area (Å²) in [6, 6.07) is 2.61. The summed E-state index contributed by atoms with van der Waals surface area (Å²) in [5.41, 5.74) is 0.101. The monoisotopic (exact) mass is 244 g/mol. The molecule has 0 saturated heterocycles. The topological polar surface area (TPSA) is 50.4 Å². The van der Waals surface area contributed by atoms with Gasteiger partial charge in [0.15, 0.2) is 0 Å². The maximum atomic E-state index is 12.6. The Morgan fingerprint density at radius 2 is 2.12 bits per heavy atom. The molecule has 0 spiro atoms. The zero-order valence-corrected chi connectivity index (χ0v) is 8.63. The second-order valence-electron chi connectivity index (χ2n) is 3.01. The van der Waals surface area contributed by atoms with Gasteiger partial charge in [-0.05, 0) is 12.1 Å². The fourth-order valence-electron chi connectivity index (χ4n) is 1.27. The van der Waals surface area contributed by atoms with Gasteiger partial charge in [0, 0.05) is 21.9 Å². The van der Waals surface area contributed by atoms with Crippen LogP contribution < -0.4 is 0 Å². The van der Waals surface area contributed by atoms with E-state index in [0.29, 0.717) is 0 Å². The van der Waals surface area contributed by atoms with Gasteiger partial charge < -0.3 is 9.52 Å². The molecule has 2 aromatic heterocycles. The number of furan rings is 1. The summed E-state index contributed by atoms with van der Waals surface area (Å²) in [5, 5.41) is 11.5. The van der Waals surface area contributed by atoms with Crippen LogP contribution in [0.25, 0.3) is 11.3 Å². The van der Waals surface area contributed by atoms with Gasteiger partial charge in [-0.1, -0.05) is 0 Å². The fraction of sp³-hybridized carbons (Fsp3) is 0.100. The fourth-order valence-corrected chi connectivity index (χ4v) is 2.11. The quantitative estimate of drug-likeness (QED) is 0.896. The molecule has 0 aromatic carbocycles. The van der Waals surface area contributed by atoms with Gasteiger partial charge in [-0.3, -0.25) is 0 Å². The van der Waals surface area contributed by atoms with Crippen molar-refractivity contribution in [3.05, 3.63) is 34.2 Å². The van der Waals surface area contributed by atoms with Gasteiger partial charge in [0.05, 0.1) is 0 Å². The van der Waals surface area contributed by atoms with Gasteiger partial charge in [0.25, 0.3) is 6.43 Å². The van der Waals surface area contributed by atoms with E-state index in [2.05, 4.69) is 0 Å². The van der Waals surface area contributed by atoms with E-state index < -0.39 is 12.4 Å². The lowest BCUT2D eigenvalue weighted by atomic mass is 10.1. The summed E-state index contributed by atoms with van der Waals surface area (Å²) in [5.74, 6) is -1.34. The standard InChI is InChI=1S/C10H6F2O3S/c11-9(12)6-4-16-3-5(6)7-1-2-8(15-7)10(13)14/h1-4,9H,(H,13,14). The van der Waals surface area contributed by atoms with Gasteiger partial charge in [0.1, 0.15) is 5.76 Å². The van der Waals surface area contributed by atoms with Crippen LogP contribution in [0.4, 0.5) is 8.78 Å². The second kappa shape index (κ2) is 4.05. The Balaban J connectivity index is 2.42. The Labute approximate surface area is 92.9 Å². The van der Waals surface area contributed by atoms with E-state index >= 15 is 0 Å². The Hall–Kier alpha value is -1.69. The van der Waals surface area contributed by atoms with Crippen LogP contribution in [0.15, 0.2) is 27.3 Å². The van der Waals surface area contributed by atoms with Gasteiger partial charge in [-0.2, -0.15) is 11.3 Å². The average molecular weight is 244 g/mol. The molecule has 0 fully saturated rings. The highest BCUT2D eigenvalue weighted by Gasteiger charge is 2.18. The number of carboxylic acid groups (broad SMARTS) is 1. The third kappa shape index (κ3) is 1.83. The number of aromatic carboxylic acids is 1. The van der Waals surface area contributed by atoms with Crippen LogP contribution in [-0.2, 0) is 0 Å². The SMILES string of the molecule is O=C(O)c1ccc(-c2cscc2C(F)F)o1. The number of thiophene rings is 1. The van der Waals surface area contributed by atoms with Gasteiger partial charge >= 0.3 is 5.97 Å². The lowest BCUT2D eigenvalue weighted by Gasteiger charge is -1.98. The Morgan fingerprint density at radius 3 is 2.69 bits per heavy atom. The summed E-state index contributed by atoms with van der Waals surface area (Å²) in [7, 11) is 0. The number of hydrogen-bond acceptors (Lipinski definition) is 3. The Morgan fingerprint density at radius 1 is 1.38 bits per heavy atom. The van der Waals surface area contributed by atoms with Crippen LogP contribution in [0.2, 0.25) is 0 Å². The van der Waals surface area contributed by atoms with Crippen molar-refractivity contribution >= 4 is 17.3 Å². The number of halogens is 2. The van der Waals surface area contributed by atoms with Crippen molar-refractivity contribution in [2.75, 3.05) is 0 Å². The van der Waals surface area contributed by atoms with Crippen molar-refractivity contribution < 1.29 is 23.1 Å². The summed E-state index contributed by atoms with van der Waals surface area (Å²) in [6.45, 7) is 0. The Bertz CT molecular complexity index is 516. The lowest BCUT2D eigenvalue weighted by molar-refractivity contribution is 0.0663. The van der Waals surface area contributed by atoms with Crippen molar-refractivity contribution in [1.29, 1.82) is 0 Å². The predicted octanol–water partition coefficient (Wildman–Crippen LogP) is 3.64. The third-order valence-electron chi connectivity index (χ3n) is 2.01. The molecule has 2 aromatic rings. The van der Waals surface area contributed by atoms with Crippen molar-refractivity contribution in [3.63, 3.8) is 0 Å². The van der Waals surface area contributed by atoms with Gasteiger partial charge in [-0.25, -0.2) is 13.6 Å². The number of alkyl halides is 2. The first-order valence-corrected chi connectivity index (χ1v) is 5.21. The van der Waals surface area contributed by atoms with Gasteiger partial charge in [0.2, 0.25) is 5.76 Å². The van der Waals surface area contributed by atoms with E-state index in [0.717, 1.165) is 11.3 Å². The van der Waals surface area contributed by atoms with Crippen LogP contribution in [-0.4, -0.2) is 11.1 Å². The minimum Gasteiger partial charge on any atom is -0.475 e. The highest BCUT2D eigenvalue weighted by atomic mass is 32.1. The van der Waals surface area contributed by atoms with E-state index in [9.17, 15) is 13.6 Å². The van der Waals surface area contributed by atoms with Crippen LogP contribution in [0.3, 0.4) is 0 Å². The smallest absolute Gasteiger partial charge is 0.371 e. The van der Waals surface area contributed by atoms with E-state index in [4.69, 9.17) is 9.52 Å². The van der Waals surface area contributed by atoms with Crippen molar-refractivity contribution in [2.45, 2.75) is 6.43 Å². The molecule has 2 heterocycles. The first kappa shape index (κ1) is 10.8. The Kier molecular flexibility index (Phi) is 2.74. The molecule has 0 radical (unpaired) electrons. The number of carboxylic acids is 1. The summed E-state index contributed by atoms with van der Waals surface area (Å²) < 4.78 is 30.1. The largest absolute Gasteiger partial charge is 0.475 e. The molecular weight excluding hydrogens is 238 g/mol. The van der Waals surface area contributed by atoms with E-state index in [1.165, 1.54) is 22.9 Å². The van der Waals surface area contributed by atoms with Crippen molar-refractivity contribution in [2.24, 2.45) is 0 Å². The van der Waals surface area contributed by atoms with Gasteiger partial charge in [-0.15, -0.1) is 0 Å². The normalized spacial score (nSPS) is 10.9. The van der Waals surface area contributed by atoms with Crippen molar-refractivity contribution in [1.82, 2.24) is 0 Å². The molecule has 1 N–H and O–H groups in total. The van der Waals surface area contributed by atoms with E-state index in [1.54, 1.807) is 0 Å². The molecule has 0 bridgehead atoms. The van der Waals surface area contributed by atoms with Crippen LogP contribution >= 0.6 is 11.3 Å². The first-order valence-electron chi connectivity index (χ1n) is 4.27. The number of rotatable bonds is 3. The van der Waals surface area contributed by atoms with E-state index in [1.807, 2.05) is 0 Å². The molecule has 0 aliphatic rings. The maximum absolute atomic E-state index is 12.6. The summed E-state index contributed by atoms with van der Waals surface area (Å²) in [4.78, 5) is 10.6. The lowest BCUT2D eigenvalue weighted by Crippen LogP contribution is -1.91. The van der Waals surface area contributed by atoms with Crippen LogP contribution in [0.5, 0.6) is 0 Å². The highest BCUT2D eigenvalue weighted by molar-refractivity contribution is 7.08. The van der Waals surface area contributed by atoms with Crippen molar-refractivity contribution in [3.8, 4) is 11.3 Å². The maximum Gasteiger partial charge on any atom is 0.371 e. The molecule has 84 valence electrons. The second-order valence-corrected chi connectivity index (χ2v) is 3.75. The summed E-state index contributed by atoms with van der Waals surface area (Å²) in [6.07, 6.45) is -2.60. The van der Waals surface area contributed by atoms with Crippen LogP contribution in [0, 0.1) is 0 Å². The number of carbonyl (C=O) groups is 1. The predicted molar refractivity (Wildman–Crippen MR) is 53.9 cm³/mol. The molecule has 0 amide bonds. The molecule has 3 nitrogen and oxygen atoms in total. The first-order chi connectivity index (χ1) is 7.59. The molecule has 0 unspecified atom stereocenters. The average Bonchev–Trinajstić information content (AvgIpc) is 2.86. The minimum atomic E-state index is -2.60. The number of hydrogen-bond donors (Lipinski definition) is 1. The molecule has 2 rings (SSSR count). The van der Waals surface area contributed by atoms with E-state index in [-0.39, 0.29) is 22.6 Å². The molecule has 6 heteroatoms. The molecule has 0 saturated carbocycles. The molecule has 0 aliphatic heterocycles. The van der Waals surface area contributed by atoms with Crippen LogP contribution in [0.1, 0.15) is 22.5 Å². The third-order valence-corrected chi connectivity index (χ3v) is 2.77. The minimum absolute atomic E-state index is 0.142. The molecule has 0 atom stereocenters. The highest BCUT2D eigenvalue weighted by Crippen LogP contribution is 2.34. The molecule has 16 heavy (non-hydrogen) atoms. The zero-order chi connectivity index (χ0) is 11.7. The zero-order valence-electron chi connectivity index (χ0n) is 7.81.